The number of hydrogen-bond acceptors (Lipinski definition) is 5. The van der Waals surface area contributed by atoms with Gasteiger partial charge >= 0.3 is 5.97 Å². The van der Waals surface area contributed by atoms with Crippen LogP contribution in [-0.4, -0.2) is 28.6 Å². The Morgan fingerprint density at radius 3 is 2.70 bits per heavy atom. The maximum Gasteiger partial charge on any atom is 0.343 e. The monoisotopic (exact) mass is 425 g/mol. The first-order valence-corrected chi connectivity index (χ1v) is 9.07. The van der Waals surface area contributed by atoms with Gasteiger partial charge in [-0.1, -0.05) is 17.7 Å². The second kappa shape index (κ2) is 7.57. The lowest BCUT2D eigenvalue weighted by Crippen LogP contribution is -2.38. The van der Waals surface area contributed by atoms with Crippen LogP contribution in [0.25, 0.3) is 6.08 Å². The number of rotatable bonds is 3. The normalized spacial score (nSPS) is 16.8. The van der Waals surface area contributed by atoms with Crippen molar-refractivity contribution < 1.29 is 23.6 Å². The summed E-state index contributed by atoms with van der Waals surface area (Å²) in [6, 6.07) is 9.42. The highest BCUT2D eigenvalue weighted by atomic mass is 35.5. The van der Waals surface area contributed by atoms with Crippen LogP contribution in [0.1, 0.15) is 22.8 Å². The number of nitrogens with zero attached hydrogens (tertiary/aromatic N) is 2. The van der Waals surface area contributed by atoms with Crippen molar-refractivity contribution in [3.05, 3.63) is 81.8 Å². The summed E-state index contributed by atoms with van der Waals surface area (Å²) in [7, 11) is 0. The van der Waals surface area contributed by atoms with Gasteiger partial charge in [-0.3, -0.25) is 10.2 Å². The Labute approximate surface area is 175 Å². The molecule has 7 nitrogen and oxygen atoms in total. The molecule has 0 aromatic heterocycles. The number of hydrogen-bond donors (Lipinski definition) is 1. The van der Waals surface area contributed by atoms with Gasteiger partial charge in [0.2, 0.25) is 0 Å². The first kappa shape index (κ1) is 19.5. The van der Waals surface area contributed by atoms with E-state index < -0.39 is 17.7 Å². The van der Waals surface area contributed by atoms with E-state index in [-0.39, 0.29) is 33.6 Å². The van der Waals surface area contributed by atoms with E-state index in [2.05, 4.69) is 4.99 Å². The molecular weight excluding hydrogens is 413 g/mol. The number of amidine groups is 2. The van der Waals surface area contributed by atoms with Crippen LogP contribution in [0.5, 0.6) is 5.75 Å². The molecule has 0 saturated heterocycles. The molecular formula is C21H13ClFN3O4. The van der Waals surface area contributed by atoms with Gasteiger partial charge in [0.1, 0.15) is 17.3 Å². The number of benzene rings is 2. The zero-order chi connectivity index (χ0) is 21.4. The maximum absolute atomic E-state index is 13.0. The van der Waals surface area contributed by atoms with E-state index in [0.717, 1.165) is 17.2 Å². The summed E-state index contributed by atoms with van der Waals surface area (Å²) in [5.74, 6) is -1.02. The molecule has 0 unspecified atom stereocenters. The molecule has 2 aromatic rings. The molecule has 2 heterocycles. The molecule has 0 fully saturated rings. The number of amides is 1. The number of aliphatic imine (C=N–C) groups is 1. The minimum absolute atomic E-state index is 0.0222. The van der Waals surface area contributed by atoms with Crippen LogP contribution in [0, 0.1) is 11.2 Å². The van der Waals surface area contributed by atoms with Crippen molar-refractivity contribution in [2.75, 3.05) is 0 Å². The van der Waals surface area contributed by atoms with Crippen molar-refractivity contribution in [2.45, 2.75) is 6.92 Å². The highest BCUT2D eigenvalue weighted by Gasteiger charge is 2.34. The zero-order valence-electron chi connectivity index (χ0n) is 15.5. The van der Waals surface area contributed by atoms with Crippen molar-refractivity contribution >= 4 is 41.2 Å². The summed E-state index contributed by atoms with van der Waals surface area (Å²) in [6.45, 7) is 1.69. The predicted octanol–water partition coefficient (Wildman–Crippen LogP) is 4.15. The van der Waals surface area contributed by atoms with Gasteiger partial charge in [0, 0.05) is 6.08 Å². The van der Waals surface area contributed by atoms with Crippen LogP contribution >= 0.6 is 11.6 Å². The van der Waals surface area contributed by atoms with Gasteiger partial charge in [-0.05, 0) is 55.0 Å². The molecule has 150 valence electrons. The third-order valence-electron chi connectivity index (χ3n) is 4.23. The quantitative estimate of drug-likeness (QED) is 0.453. The van der Waals surface area contributed by atoms with Crippen LogP contribution in [0.3, 0.4) is 0 Å². The number of hydroxylamine groups is 2. The fourth-order valence-electron chi connectivity index (χ4n) is 2.80. The highest BCUT2D eigenvalue weighted by Crippen LogP contribution is 2.29. The molecule has 0 spiro atoms. The Morgan fingerprint density at radius 1 is 1.27 bits per heavy atom. The summed E-state index contributed by atoms with van der Waals surface area (Å²) in [4.78, 5) is 33.7. The summed E-state index contributed by atoms with van der Waals surface area (Å²) in [6.07, 6.45) is 3.00. The maximum atomic E-state index is 13.0. The molecule has 0 saturated carbocycles. The van der Waals surface area contributed by atoms with E-state index in [0.29, 0.717) is 11.3 Å². The molecule has 4 rings (SSSR count). The first-order valence-electron chi connectivity index (χ1n) is 8.69. The second-order valence-electron chi connectivity index (χ2n) is 6.41. The third kappa shape index (κ3) is 3.72. The lowest BCUT2D eigenvalue weighted by atomic mass is 10.1. The smallest absolute Gasteiger partial charge is 0.343 e. The number of fused-ring (bicyclic) bond motifs is 1. The van der Waals surface area contributed by atoms with E-state index in [1.165, 1.54) is 30.3 Å². The van der Waals surface area contributed by atoms with Crippen LogP contribution in [-0.2, 0) is 9.63 Å². The van der Waals surface area contributed by atoms with Crippen molar-refractivity contribution in [1.29, 1.82) is 5.41 Å². The fourth-order valence-corrected chi connectivity index (χ4v) is 3.03. The Morgan fingerprint density at radius 2 is 2.00 bits per heavy atom. The Hall–Kier alpha value is -3.78. The summed E-state index contributed by atoms with van der Waals surface area (Å²) >= 11 is 6.21. The minimum Gasteiger partial charge on any atom is -0.421 e. The van der Waals surface area contributed by atoms with E-state index in [9.17, 15) is 14.0 Å². The molecule has 2 aromatic carbocycles. The second-order valence-corrected chi connectivity index (χ2v) is 6.82. The number of esters is 1. The lowest BCUT2D eigenvalue weighted by Gasteiger charge is -2.23. The minimum atomic E-state index is -0.692. The number of allylic oxidation sites excluding steroid dienone is 1. The standard InChI is InChI=1S/C21H13ClFN3O4/c1-11-8-18-25-20(27)15(19(24)26(18)30-11)9-12-2-7-17(16(22)10-12)29-21(28)13-3-5-14(23)6-4-13/h2-10,24H,1H3/b15-9-,24-19?. The van der Waals surface area contributed by atoms with Crippen molar-refractivity contribution in [1.82, 2.24) is 5.06 Å². The van der Waals surface area contributed by atoms with Crippen LogP contribution in [0.2, 0.25) is 5.02 Å². The molecule has 0 aliphatic carbocycles. The van der Waals surface area contributed by atoms with Gasteiger partial charge in [-0.2, -0.15) is 4.99 Å². The van der Waals surface area contributed by atoms with Gasteiger partial charge < -0.3 is 9.57 Å². The largest absolute Gasteiger partial charge is 0.421 e. The van der Waals surface area contributed by atoms with Gasteiger partial charge in [-0.25, -0.2) is 9.18 Å². The number of halogens is 2. The average molecular weight is 426 g/mol. The first-order chi connectivity index (χ1) is 14.3. The Bertz CT molecular complexity index is 1190. The molecule has 9 heteroatoms. The van der Waals surface area contributed by atoms with Crippen molar-refractivity contribution in [3.8, 4) is 5.75 Å². The third-order valence-corrected chi connectivity index (χ3v) is 4.53. The predicted molar refractivity (Wildman–Crippen MR) is 108 cm³/mol. The number of nitrogens with one attached hydrogen (secondary N) is 1. The van der Waals surface area contributed by atoms with Crippen molar-refractivity contribution in [2.24, 2.45) is 4.99 Å². The Balaban J connectivity index is 1.55. The molecule has 30 heavy (non-hydrogen) atoms. The number of carbonyl (C=O) groups is 2. The van der Waals surface area contributed by atoms with Gasteiger partial charge in [0.15, 0.2) is 11.7 Å². The average Bonchev–Trinajstić information content (AvgIpc) is 3.08. The van der Waals surface area contributed by atoms with E-state index >= 15 is 0 Å². The molecule has 1 N–H and O–H groups in total. The summed E-state index contributed by atoms with van der Waals surface area (Å²) in [5.41, 5.74) is 0.689. The number of ether oxygens (including phenoxy) is 1. The SMILES string of the molecule is CC1=CC2=NC(=O)/C(=C\c3ccc(OC(=O)c4ccc(F)cc4)c(Cl)c3)C(=N)N2O1. The van der Waals surface area contributed by atoms with Crippen LogP contribution in [0.4, 0.5) is 4.39 Å². The Kier molecular flexibility index (Phi) is 4.93. The van der Waals surface area contributed by atoms with E-state index in [1.807, 2.05) is 0 Å². The van der Waals surface area contributed by atoms with Gasteiger partial charge in [0.05, 0.1) is 16.2 Å². The molecule has 2 aliphatic rings. The van der Waals surface area contributed by atoms with Crippen LogP contribution in [0.15, 0.2) is 64.9 Å². The van der Waals surface area contributed by atoms with E-state index in [4.69, 9.17) is 26.6 Å². The summed E-state index contributed by atoms with van der Waals surface area (Å²) < 4.78 is 18.2. The lowest BCUT2D eigenvalue weighted by molar-refractivity contribution is -0.114. The van der Waals surface area contributed by atoms with Crippen molar-refractivity contribution in [3.63, 3.8) is 0 Å². The number of carbonyl (C=O) groups excluding carboxylic acids is 2. The topological polar surface area (TPSA) is 92.0 Å². The fraction of sp³-hybridized carbons (Fsp3) is 0.0476. The van der Waals surface area contributed by atoms with Crippen LogP contribution < -0.4 is 4.74 Å². The molecule has 1 amide bonds. The van der Waals surface area contributed by atoms with E-state index in [1.54, 1.807) is 19.1 Å². The summed E-state index contributed by atoms with van der Waals surface area (Å²) in [5, 5.41) is 9.49. The molecule has 0 bridgehead atoms. The zero-order valence-corrected chi connectivity index (χ0v) is 16.2. The molecule has 2 aliphatic heterocycles. The molecule has 0 radical (unpaired) electrons. The molecule has 0 atom stereocenters. The highest BCUT2D eigenvalue weighted by molar-refractivity contribution is 6.33. The van der Waals surface area contributed by atoms with Gasteiger partial charge in [-0.15, -0.1) is 5.06 Å². The van der Waals surface area contributed by atoms with Gasteiger partial charge in [0.25, 0.3) is 5.91 Å².